The molecule has 0 aliphatic heterocycles. The number of hydrogen-bond donors (Lipinski definition) is 1. The van der Waals surface area contributed by atoms with Crippen molar-refractivity contribution in [1.82, 2.24) is 0 Å². The molecule has 0 amide bonds. The van der Waals surface area contributed by atoms with Crippen LogP contribution < -0.4 is 4.74 Å². The van der Waals surface area contributed by atoms with Crippen LogP contribution >= 0.6 is 0 Å². The molecule has 0 aromatic heterocycles. The summed E-state index contributed by atoms with van der Waals surface area (Å²) in [6, 6.07) is 6.90. The predicted octanol–water partition coefficient (Wildman–Crippen LogP) is 1.65. The van der Waals surface area contributed by atoms with Crippen molar-refractivity contribution in [2.45, 2.75) is 18.9 Å². The molecular weight excluding hydrogens is 192 g/mol. The van der Waals surface area contributed by atoms with E-state index < -0.39 is 6.10 Å². The van der Waals surface area contributed by atoms with E-state index in [2.05, 4.69) is 0 Å². The maximum Gasteiger partial charge on any atom is 0.191 e. The molecule has 1 atom stereocenters. The second kappa shape index (κ2) is 4.03. The fourth-order valence-electron chi connectivity index (χ4n) is 1.57. The molecule has 1 aliphatic rings. The van der Waals surface area contributed by atoms with Crippen molar-refractivity contribution in [1.29, 1.82) is 0 Å². The molecule has 3 heteroatoms. The van der Waals surface area contributed by atoms with Crippen LogP contribution in [-0.4, -0.2) is 24.1 Å². The molecule has 1 aromatic rings. The fourth-order valence-corrected chi connectivity index (χ4v) is 1.57. The summed E-state index contributed by atoms with van der Waals surface area (Å²) >= 11 is 0. The van der Waals surface area contributed by atoms with Gasteiger partial charge < -0.3 is 9.84 Å². The number of ether oxygens (including phenoxy) is 1. The number of ketones is 1. The first-order chi connectivity index (χ1) is 7.22. The highest BCUT2D eigenvalue weighted by Gasteiger charge is 2.34. The summed E-state index contributed by atoms with van der Waals surface area (Å²) in [7, 11) is 1.56. The highest BCUT2D eigenvalue weighted by atomic mass is 16.5. The van der Waals surface area contributed by atoms with Crippen molar-refractivity contribution in [2.75, 3.05) is 7.11 Å². The molecule has 1 fully saturated rings. The third-order valence-corrected chi connectivity index (χ3v) is 2.69. The van der Waals surface area contributed by atoms with Gasteiger partial charge in [0, 0.05) is 5.56 Å². The molecular formula is C12H14O3. The topological polar surface area (TPSA) is 46.5 Å². The predicted molar refractivity (Wildman–Crippen MR) is 56.1 cm³/mol. The Kier molecular flexibility index (Phi) is 2.73. The van der Waals surface area contributed by atoms with Gasteiger partial charge in [0.05, 0.1) is 7.11 Å². The summed E-state index contributed by atoms with van der Waals surface area (Å²) in [5.74, 6) is 0.615. The van der Waals surface area contributed by atoms with Gasteiger partial charge in [-0.15, -0.1) is 0 Å². The van der Waals surface area contributed by atoms with Gasteiger partial charge in [-0.3, -0.25) is 4.79 Å². The van der Waals surface area contributed by atoms with Crippen molar-refractivity contribution in [3.63, 3.8) is 0 Å². The molecule has 2 rings (SSSR count). The number of aliphatic hydroxyl groups is 1. The van der Waals surface area contributed by atoms with E-state index in [1.165, 1.54) is 0 Å². The quantitative estimate of drug-likeness (QED) is 0.762. The van der Waals surface area contributed by atoms with Gasteiger partial charge in [-0.25, -0.2) is 0 Å². The van der Waals surface area contributed by atoms with E-state index in [1.54, 1.807) is 31.4 Å². The third kappa shape index (κ3) is 2.18. The Hall–Kier alpha value is -1.35. The Morgan fingerprint density at radius 3 is 2.87 bits per heavy atom. The van der Waals surface area contributed by atoms with Crippen molar-refractivity contribution in [3.05, 3.63) is 29.8 Å². The van der Waals surface area contributed by atoms with Crippen molar-refractivity contribution in [2.24, 2.45) is 5.92 Å². The molecule has 1 aliphatic carbocycles. The lowest BCUT2D eigenvalue weighted by Crippen LogP contribution is -2.22. The standard InChI is InChI=1S/C12H14O3/c1-15-10-4-2-3-9(7-10)12(14)11(13)8-5-6-8/h2-4,7-8,11,13H,5-6H2,1H3. The highest BCUT2D eigenvalue weighted by Crippen LogP contribution is 2.34. The van der Waals surface area contributed by atoms with Gasteiger partial charge in [-0.2, -0.15) is 0 Å². The molecule has 1 unspecified atom stereocenters. The number of aliphatic hydroxyl groups excluding tert-OH is 1. The number of benzene rings is 1. The number of Topliss-reactive ketones (excluding diaryl/α,β-unsaturated/α-hetero) is 1. The van der Waals surface area contributed by atoms with E-state index in [-0.39, 0.29) is 11.7 Å². The maximum atomic E-state index is 11.8. The molecule has 0 spiro atoms. The number of carbonyl (C=O) groups excluding carboxylic acids is 1. The molecule has 0 bridgehead atoms. The summed E-state index contributed by atoms with van der Waals surface area (Å²) in [5, 5.41) is 9.68. The fraction of sp³-hybridized carbons (Fsp3) is 0.417. The molecule has 80 valence electrons. The summed E-state index contributed by atoms with van der Waals surface area (Å²) in [5.41, 5.74) is 0.522. The van der Waals surface area contributed by atoms with E-state index in [0.717, 1.165) is 12.8 Å². The minimum Gasteiger partial charge on any atom is -0.497 e. The average Bonchev–Trinajstić information content (AvgIpc) is 3.11. The Balaban J connectivity index is 2.16. The number of hydrogen-bond acceptors (Lipinski definition) is 3. The highest BCUT2D eigenvalue weighted by molar-refractivity contribution is 6.00. The molecule has 3 nitrogen and oxygen atoms in total. The maximum absolute atomic E-state index is 11.8. The number of carbonyl (C=O) groups is 1. The molecule has 0 heterocycles. The van der Waals surface area contributed by atoms with E-state index in [4.69, 9.17) is 4.74 Å². The van der Waals surface area contributed by atoms with Gasteiger partial charge in [-0.05, 0) is 30.9 Å². The van der Waals surface area contributed by atoms with Gasteiger partial charge in [0.1, 0.15) is 11.9 Å². The molecule has 1 N–H and O–H groups in total. The first-order valence-corrected chi connectivity index (χ1v) is 5.08. The van der Waals surface area contributed by atoms with Gasteiger partial charge in [0.15, 0.2) is 5.78 Å². The second-order valence-electron chi connectivity index (χ2n) is 3.88. The Labute approximate surface area is 88.7 Å². The largest absolute Gasteiger partial charge is 0.497 e. The minimum atomic E-state index is -0.836. The Bertz CT molecular complexity index is 369. The summed E-state index contributed by atoms with van der Waals surface area (Å²) in [6.07, 6.45) is 1.07. The van der Waals surface area contributed by atoms with Crippen LogP contribution in [0.2, 0.25) is 0 Å². The van der Waals surface area contributed by atoms with Gasteiger partial charge in [0.2, 0.25) is 0 Å². The zero-order valence-corrected chi connectivity index (χ0v) is 8.64. The minimum absolute atomic E-state index is 0.170. The van der Waals surface area contributed by atoms with Crippen LogP contribution in [0.15, 0.2) is 24.3 Å². The monoisotopic (exact) mass is 206 g/mol. The number of rotatable bonds is 4. The zero-order valence-electron chi connectivity index (χ0n) is 8.64. The van der Waals surface area contributed by atoms with Crippen LogP contribution in [0.1, 0.15) is 23.2 Å². The lowest BCUT2D eigenvalue weighted by molar-refractivity contribution is 0.0703. The van der Waals surface area contributed by atoms with E-state index >= 15 is 0 Å². The van der Waals surface area contributed by atoms with Gasteiger partial charge >= 0.3 is 0 Å². The Morgan fingerprint density at radius 1 is 1.53 bits per heavy atom. The zero-order chi connectivity index (χ0) is 10.8. The second-order valence-corrected chi connectivity index (χ2v) is 3.88. The molecule has 0 saturated heterocycles. The summed E-state index contributed by atoms with van der Waals surface area (Å²) in [4.78, 5) is 11.8. The third-order valence-electron chi connectivity index (χ3n) is 2.69. The SMILES string of the molecule is COc1cccc(C(=O)C(O)C2CC2)c1. The van der Waals surface area contributed by atoms with Crippen LogP contribution in [0.3, 0.4) is 0 Å². The lowest BCUT2D eigenvalue weighted by atomic mass is 10.0. The molecule has 1 aromatic carbocycles. The van der Waals surface area contributed by atoms with Crippen LogP contribution in [-0.2, 0) is 0 Å². The summed E-state index contributed by atoms with van der Waals surface area (Å²) < 4.78 is 5.03. The van der Waals surface area contributed by atoms with Crippen LogP contribution in [0.4, 0.5) is 0 Å². The van der Waals surface area contributed by atoms with E-state index in [1.807, 2.05) is 0 Å². The molecule has 0 radical (unpaired) electrons. The first kappa shape index (κ1) is 10.2. The van der Waals surface area contributed by atoms with Crippen molar-refractivity contribution in [3.8, 4) is 5.75 Å². The van der Waals surface area contributed by atoms with Crippen LogP contribution in [0.25, 0.3) is 0 Å². The van der Waals surface area contributed by atoms with Gasteiger partial charge in [0.25, 0.3) is 0 Å². The van der Waals surface area contributed by atoms with E-state index in [0.29, 0.717) is 11.3 Å². The lowest BCUT2D eigenvalue weighted by Gasteiger charge is -2.08. The van der Waals surface area contributed by atoms with Crippen molar-refractivity contribution < 1.29 is 14.6 Å². The molecule has 1 saturated carbocycles. The van der Waals surface area contributed by atoms with E-state index in [9.17, 15) is 9.90 Å². The smallest absolute Gasteiger partial charge is 0.191 e. The van der Waals surface area contributed by atoms with Crippen molar-refractivity contribution >= 4 is 5.78 Å². The average molecular weight is 206 g/mol. The van der Waals surface area contributed by atoms with Crippen LogP contribution in [0.5, 0.6) is 5.75 Å². The summed E-state index contributed by atoms with van der Waals surface area (Å²) in [6.45, 7) is 0. The van der Waals surface area contributed by atoms with Crippen LogP contribution in [0, 0.1) is 5.92 Å². The first-order valence-electron chi connectivity index (χ1n) is 5.08. The number of methoxy groups -OCH3 is 1. The normalized spacial score (nSPS) is 17.2. The van der Waals surface area contributed by atoms with Gasteiger partial charge in [-0.1, -0.05) is 12.1 Å². The Morgan fingerprint density at radius 2 is 2.27 bits per heavy atom. The molecule has 15 heavy (non-hydrogen) atoms.